The number of hydrogen-bond acceptors (Lipinski definition) is 3. The molecule has 0 bridgehead atoms. The number of aliphatic hydroxyl groups excluding tert-OH is 1. The lowest BCUT2D eigenvalue weighted by molar-refractivity contribution is 0.153. The minimum atomic E-state index is -0.405. The summed E-state index contributed by atoms with van der Waals surface area (Å²) in [5.74, 6) is -0.405. The molecule has 0 saturated carbocycles. The van der Waals surface area contributed by atoms with E-state index in [1.54, 1.807) is 6.07 Å². The van der Waals surface area contributed by atoms with E-state index in [4.69, 9.17) is 0 Å². The molecule has 2 N–H and O–H groups in total. The molecule has 1 atom stereocenters. The number of hydrogen-bond donors (Lipinski definition) is 2. The molecule has 1 aliphatic rings. The third-order valence-corrected chi connectivity index (χ3v) is 4.38. The summed E-state index contributed by atoms with van der Waals surface area (Å²) in [5.41, 5.74) is 1.55. The third kappa shape index (κ3) is 2.59. The second-order valence-electron chi connectivity index (χ2n) is 5.70. The van der Waals surface area contributed by atoms with Gasteiger partial charge in [0, 0.05) is 18.3 Å². The highest BCUT2D eigenvalue weighted by Gasteiger charge is 2.25. The van der Waals surface area contributed by atoms with E-state index >= 15 is 0 Å². The number of halogens is 1. The van der Waals surface area contributed by atoms with Gasteiger partial charge in [-0.15, -0.1) is 0 Å². The molecule has 0 spiro atoms. The molecule has 5 heteroatoms. The third-order valence-electron chi connectivity index (χ3n) is 4.38. The molecule has 0 unspecified atom stereocenters. The van der Waals surface area contributed by atoms with E-state index in [9.17, 15) is 14.3 Å². The zero-order valence-corrected chi connectivity index (χ0v) is 12.0. The largest absolute Gasteiger partial charge is 0.395 e. The number of aromatic amines is 1. The van der Waals surface area contributed by atoms with Crippen molar-refractivity contribution < 1.29 is 9.50 Å². The van der Waals surface area contributed by atoms with E-state index in [-0.39, 0.29) is 18.2 Å². The number of aryl methyl sites for hydroxylation is 1. The van der Waals surface area contributed by atoms with Gasteiger partial charge in [-0.1, -0.05) is 6.07 Å². The average molecular weight is 290 g/mol. The fourth-order valence-electron chi connectivity index (χ4n) is 3.20. The summed E-state index contributed by atoms with van der Waals surface area (Å²) in [7, 11) is 0. The Labute approximate surface area is 122 Å². The van der Waals surface area contributed by atoms with Gasteiger partial charge < -0.3 is 10.1 Å². The fraction of sp³-hybridized carbons (Fsp3) is 0.438. The van der Waals surface area contributed by atoms with Crippen LogP contribution >= 0.6 is 0 Å². The van der Waals surface area contributed by atoms with Crippen LogP contribution in [0.5, 0.6) is 0 Å². The average Bonchev–Trinajstić information content (AvgIpc) is 2.91. The van der Waals surface area contributed by atoms with Crippen LogP contribution in [-0.4, -0.2) is 34.2 Å². The summed E-state index contributed by atoms with van der Waals surface area (Å²) in [4.78, 5) is 17.0. The maximum absolute atomic E-state index is 13.4. The lowest BCUT2D eigenvalue weighted by Crippen LogP contribution is -2.32. The second-order valence-corrected chi connectivity index (χ2v) is 5.70. The molecule has 1 aliphatic heterocycles. The first-order chi connectivity index (χ1) is 10.1. The molecule has 1 saturated heterocycles. The van der Waals surface area contributed by atoms with Gasteiger partial charge in [0.25, 0.3) is 5.56 Å². The van der Waals surface area contributed by atoms with Crippen LogP contribution in [0.25, 0.3) is 10.8 Å². The molecule has 0 amide bonds. The zero-order chi connectivity index (χ0) is 15.0. The fourth-order valence-corrected chi connectivity index (χ4v) is 3.20. The minimum absolute atomic E-state index is 0.148. The first-order valence-corrected chi connectivity index (χ1v) is 7.26. The first-order valence-electron chi connectivity index (χ1n) is 7.26. The Morgan fingerprint density at radius 1 is 1.43 bits per heavy atom. The van der Waals surface area contributed by atoms with Crippen molar-refractivity contribution in [2.45, 2.75) is 32.4 Å². The molecule has 3 rings (SSSR count). The van der Waals surface area contributed by atoms with Crippen LogP contribution in [0, 0.1) is 12.7 Å². The van der Waals surface area contributed by atoms with Crippen molar-refractivity contribution in [1.82, 2.24) is 9.88 Å². The summed E-state index contributed by atoms with van der Waals surface area (Å²) < 4.78 is 13.4. The lowest BCUT2D eigenvalue weighted by atomic mass is 10.0. The van der Waals surface area contributed by atoms with E-state index in [0.717, 1.165) is 36.0 Å². The van der Waals surface area contributed by atoms with Crippen molar-refractivity contribution in [2.24, 2.45) is 0 Å². The van der Waals surface area contributed by atoms with Crippen LogP contribution in [0.4, 0.5) is 4.39 Å². The maximum atomic E-state index is 13.4. The topological polar surface area (TPSA) is 56.3 Å². The van der Waals surface area contributed by atoms with Crippen LogP contribution in [0.1, 0.15) is 24.1 Å². The summed E-state index contributed by atoms with van der Waals surface area (Å²) in [6, 6.07) is 4.52. The van der Waals surface area contributed by atoms with Gasteiger partial charge in [-0.05, 0) is 49.4 Å². The number of nitrogens with one attached hydrogen (secondary N) is 1. The molecular weight excluding hydrogens is 271 g/mol. The number of aliphatic hydroxyl groups is 1. The predicted molar refractivity (Wildman–Crippen MR) is 79.8 cm³/mol. The molecule has 2 heterocycles. The van der Waals surface area contributed by atoms with Crippen molar-refractivity contribution in [3.63, 3.8) is 0 Å². The molecular formula is C16H19FN2O2. The molecule has 21 heavy (non-hydrogen) atoms. The van der Waals surface area contributed by atoms with Crippen molar-refractivity contribution >= 4 is 10.8 Å². The van der Waals surface area contributed by atoms with Crippen molar-refractivity contribution in [2.75, 3.05) is 13.2 Å². The van der Waals surface area contributed by atoms with Gasteiger partial charge in [-0.25, -0.2) is 4.39 Å². The van der Waals surface area contributed by atoms with Crippen molar-refractivity contribution in [3.05, 3.63) is 45.6 Å². The normalized spacial score (nSPS) is 19.5. The Morgan fingerprint density at radius 2 is 2.24 bits per heavy atom. The Bertz CT molecular complexity index is 726. The monoisotopic (exact) mass is 290 g/mol. The molecule has 4 nitrogen and oxygen atoms in total. The molecule has 0 aliphatic carbocycles. The number of benzene rings is 1. The first kappa shape index (κ1) is 14.2. The van der Waals surface area contributed by atoms with Crippen LogP contribution in [0.2, 0.25) is 0 Å². The predicted octanol–water partition coefficient (Wildman–Crippen LogP) is 1.93. The molecule has 1 aromatic heterocycles. The van der Waals surface area contributed by atoms with Crippen LogP contribution in [-0.2, 0) is 6.54 Å². The standard InChI is InChI=1S/C16H19FN2O2/c1-10-15(8-19-6-2-3-12(19)9-20)13-5-4-11(17)7-14(13)16(21)18-10/h4-5,7,12,20H,2-3,6,8-9H2,1H3,(H,18,21)/t12-/m1/s1. The van der Waals surface area contributed by atoms with E-state index < -0.39 is 5.82 Å². The quantitative estimate of drug-likeness (QED) is 0.908. The number of pyridine rings is 1. The van der Waals surface area contributed by atoms with Crippen LogP contribution in [0.3, 0.4) is 0 Å². The van der Waals surface area contributed by atoms with E-state index in [1.165, 1.54) is 12.1 Å². The van der Waals surface area contributed by atoms with Crippen molar-refractivity contribution in [1.29, 1.82) is 0 Å². The molecule has 0 radical (unpaired) electrons. The van der Waals surface area contributed by atoms with E-state index in [2.05, 4.69) is 9.88 Å². The van der Waals surface area contributed by atoms with E-state index in [1.807, 2.05) is 6.92 Å². The number of fused-ring (bicyclic) bond motifs is 1. The van der Waals surface area contributed by atoms with Crippen LogP contribution < -0.4 is 5.56 Å². The molecule has 112 valence electrons. The van der Waals surface area contributed by atoms with Crippen LogP contribution in [0.15, 0.2) is 23.0 Å². The zero-order valence-electron chi connectivity index (χ0n) is 12.0. The highest BCUT2D eigenvalue weighted by atomic mass is 19.1. The smallest absolute Gasteiger partial charge is 0.256 e. The second kappa shape index (κ2) is 5.58. The number of likely N-dealkylation sites (tertiary alicyclic amines) is 1. The summed E-state index contributed by atoms with van der Waals surface area (Å²) in [6.07, 6.45) is 2.06. The number of H-pyrrole nitrogens is 1. The minimum Gasteiger partial charge on any atom is -0.395 e. The maximum Gasteiger partial charge on any atom is 0.256 e. The van der Waals surface area contributed by atoms with Gasteiger partial charge in [-0.3, -0.25) is 9.69 Å². The van der Waals surface area contributed by atoms with Gasteiger partial charge >= 0.3 is 0 Å². The van der Waals surface area contributed by atoms with Gasteiger partial charge in [0.05, 0.1) is 12.0 Å². The summed E-state index contributed by atoms with van der Waals surface area (Å²) in [5, 5.41) is 10.6. The Balaban J connectivity index is 2.07. The van der Waals surface area contributed by atoms with Gasteiger partial charge in [0.2, 0.25) is 0 Å². The molecule has 1 aromatic carbocycles. The number of rotatable bonds is 3. The van der Waals surface area contributed by atoms with Gasteiger partial charge in [0.15, 0.2) is 0 Å². The van der Waals surface area contributed by atoms with Crippen molar-refractivity contribution in [3.8, 4) is 0 Å². The Morgan fingerprint density at radius 3 is 3.00 bits per heavy atom. The molecule has 2 aromatic rings. The SMILES string of the molecule is Cc1[nH]c(=O)c2cc(F)ccc2c1CN1CCC[C@@H]1CO. The highest BCUT2D eigenvalue weighted by Crippen LogP contribution is 2.25. The van der Waals surface area contributed by atoms with Gasteiger partial charge in [-0.2, -0.15) is 0 Å². The highest BCUT2D eigenvalue weighted by molar-refractivity contribution is 5.85. The summed E-state index contributed by atoms with van der Waals surface area (Å²) in [6.45, 7) is 3.61. The summed E-state index contributed by atoms with van der Waals surface area (Å²) >= 11 is 0. The lowest BCUT2D eigenvalue weighted by Gasteiger charge is -2.24. The number of aromatic nitrogens is 1. The Kier molecular flexibility index (Phi) is 3.78. The number of nitrogens with zero attached hydrogens (tertiary/aromatic N) is 1. The Hall–Kier alpha value is -1.72. The van der Waals surface area contributed by atoms with Gasteiger partial charge in [0.1, 0.15) is 5.82 Å². The molecule has 1 fully saturated rings. The van der Waals surface area contributed by atoms with E-state index in [0.29, 0.717) is 11.9 Å².